The Morgan fingerprint density at radius 3 is 1.91 bits per heavy atom. The van der Waals surface area contributed by atoms with Gasteiger partial charge >= 0.3 is 0 Å². The summed E-state index contributed by atoms with van der Waals surface area (Å²) in [4.78, 5) is 19.6. The van der Waals surface area contributed by atoms with E-state index in [1.165, 1.54) is 23.8 Å². The molecule has 32 heavy (non-hydrogen) atoms. The first-order chi connectivity index (χ1) is 15.2. The summed E-state index contributed by atoms with van der Waals surface area (Å²) in [6.07, 6.45) is 0. The summed E-state index contributed by atoms with van der Waals surface area (Å²) >= 11 is 0. The number of nitrogen functional groups attached to an aromatic ring is 1. The molecule has 0 heterocycles. The van der Waals surface area contributed by atoms with Crippen LogP contribution in [0.1, 0.15) is 41.3 Å². The van der Waals surface area contributed by atoms with Crippen LogP contribution in [0.25, 0.3) is 0 Å². The van der Waals surface area contributed by atoms with Gasteiger partial charge in [-0.05, 0) is 66.9 Å². The van der Waals surface area contributed by atoms with Gasteiger partial charge in [0.15, 0.2) is 11.6 Å². The number of hydrogen-bond acceptors (Lipinski definition) is 4. The zero-order chi connectivity index (χ0) is 23.3. The van der Waals surface area contributed by atoms with E-state index >= 15 is 0 Å². The summed E-state index contributed by atoms with van der Waals surface area (Å²) in [7, 11) is 0. The molecular weight excluding hydrogens is 410 g/mol. The SMILES string of the molecule is Cc1ccc(C(NC(C)c2ccc(F)c(F)c2)c2cccc(N)c2)cc1.O=c1ccc1=O. The van der Waals surface area contributed by atoms with Crippen LogP contribution in [-0.4, -0.2) is 0 Å². The summed E-state index contributed by atoms with van der Waals surface area (Å²) in [5.74, 6) is -1.68. The maximum atomic E-state index is 13.6. The van der Waals surface area contributed by atoms with Crippen LogP contribution in [0.3, 0.4) is 0 Å². The number of hydrogen-bond donors (Lipinski definition) is 2. The molecule has 6 heteroatoms. The molecule has 0 spiro atoms. The maximum absolute atomic E-state index is 13.6. The minimum Gasteiger partial charge on any atom is -0.399 e. The Morgan fingerprint density at radius 2 is 1.38 bits per heavy atom. The van der Waals surface area contributed by atoms with Crippen molar-refractivity contribution in [3.05, 3.63) is 133 Å². The second-order valence-electron chi connectivity index (χ2n) is 7.64. The van der Waals surface area contributed by atoms with Gasteiger partial charge in [0.1, 0.15) is 0 Å². The fourth-order valence-electron chi connectivity index (χ4n) is 3.23. The molecule has 0 aromatic heterocycles. The van der Waals surface area contributed by atoms with Gasteiger partial charge in [-0.25, -0.2) is 8.78 Å². The standard InChI is InChI=1S/C22H22F2N2.C4H2O2/c1-14-6-8-16(9-7-14)22(18-4-3-5-19(25)12-18)26-15(2)17-10-11-20(23)21(24)13-17;5-3-1-2-4(3)6/h3-13,15,22,26H,25H2,1-2H3;1-2H. The van der Waals surface area contributed by atoms with Gasteiger partial charge in [0.25, 0.3) is 0 Å². The smallest absolute Gasteiger partial charge is 0.225 e. The van der Waals surface area contributed by atoms with E-state index in [1.807, 2.05) is 38.1 Å². The zero-order valence-electron chi connectivity index (χ0n) is 17.8. The van der Waals surface area contributed by atoms with Gasteiger partial charge in [-0.3, -0.25) is 14.9 Å². The van der Waals surface area contributed by atoms with E-state index < -0.39 is 11.6 Å². The predicted molar refractivity (Wildman–Crippen MR) is 123 cm³/mol. The third kappa shape index (κ3) is 5.74. The third-order valence-corrected chi connectivity index (χ3v) is 5.14. The molecule has 4 nitrogen and oxygen atoms in total. The van der Waals surface area contributed by atoms with Crippen LogP contribution in [0.15, 0.2) is 88.5 Å². The van der Waals surface area contributed by atoms with Crippen molar-refractivity contribution in [3.8, 4) is 0 Å². The molecule has 4 aromatic carbocycles. The first-order valence-electron chi connectivity index (χ1n) is 10.1. The lowest BCUT2D eigenvalue weighted by Gasteiger charge is -2.25. The fraction of sp³-hybridized carbons (Fsp3) is 0.154. The Bertz CT molecular complexity index is 1240. The second-order valence-corrected chi connectivity index (χ2v) is 7.64. The van der Waals surface area contributed by atoms with Crippen LogP contribution in [0, 0.1) is 18.6 Å². The van der Waals surface area contributed by atoms with E-state index in [0.29, 0.717) is 11.3 Å². The van der Waals surface area contributed by atoms with Gasteiger partial charge < -0.3 is 5.73 Å². The lowest BCUT2D eigenvalue weighted by atomic mass is 9.95. The molecular formula is C26H24F2N2O2. The monoisotopic (exact) mass is 434 g/mol. The fourth-order valence-corrected chi connectivity index (χ4v) is 3.23. The molecule has 0 aliphatic carbocycles. The average molecular weight is 434 g/mol. The van der Waals surface area contributed by atoms with Crippen molar-refractivity contribution in [1.82, 2.24) is 5.32 Å². The second kappa shape index (κ2) is 10.1. The van der Waals surface area contributed by atoms with Crippen LogP contribution in [0.2, 0.25) is 0 Å². The number of anilines is 1. The molecule has 164 valence electrons. The average Bonchev–Trinajstić information content (AvgIpc) is 2.79. The summed E-state index contributed by atoms with van der Waals surface area (Å²) in [5.41, 5.74) is 9.84. The third-order valence-electron chi connectivity index (χ3n) is 5.14. The van der Waals surface area contributed by atoms with Crippen LogP contribution in [0.4, 0.5) is 14.5 Å². The van der Waals surface area contributed by atoms with E-state index in [9.17, 15) is 18.4 Å². The van der Waals surface area contributed by atoms with Crippen molar-refractivity contribution in [2.24, 2.45) is 0 Å². The van der Waals surface area contributed by atoms with Gasteiger partial charge in [-0.2, -0.15) is 0 Å². The molecule has 0 radical (unpaired) electrons. The van der Waals surface area contributed by atoms with Crippen LogP contribution >= 0.6 is 0 Å². The van der Waals surface area contributed by atoms with Crippen molar-refractivity contribution in [2.75, 3.05) is 5.73 Å². The highest BCUT2D eigenvalue weighted by molar-refractivity contribution is 5.44. The Labute approximate surface area is 185 Å². The first kappa shape index (κ1) is 23.0. The predicted octanol–water partition coefficient (Wildman–Crippen LogP) is 4.58. The molecule has 0 bridgehead atoms. The Kier molecular flexibility index (Phi) is 7.28. The summed E-state index contributed by atoms with van der Waals surface area (Å²) in [5, 5.41) is 3.51. The number of aryl methyl sites for hydroxylation is 1. The molecule has 2 atom stereocenters. The number of rotatable bonds is 5. The molecule has 4 rings (SSSR count). The van der Waals surface area contributed by atoms with Crippen molar-refractivity contribution in [1.29, 1.82) is 0 Å². The lowest BCUT2D eigenvalue weighted by Crippen LogP contribution is -2.26. The highest BCUT2D eigenvalue weighted by Gasteiger charge is 2.18. The topological polar surface area (TPSA) is 72.2 Å². The molecule has 0 aliphatic rings. The number of nitrogens with two attached hydrogens (primary N) is 1. The quantitative estimate of drug-likeness (QED) is 0.356. The molecule has 2 unspecified atom stereocenters. The van der Waals surface area contributed by atoms with E-state index in [0.717, 1.165) is 17.2 Å². The lowest BCUT2D eigenvalue weighted by molar-refractivity contribution is 0.490. The van der Waals surface area contributed by atoms with Crippen molar-refractivity contribution >= 4 is 5.69 Å². The molecule has 0 fully saturated rings. The highest BCUT2D eigenvalue weighted by atomic mass is 19.2. The summed E-state index contributed by atoms with van der Waals surface area (Å²) in [6, 6.07) is 22.1. The molecule has 0 saturated heterocycles. The maximum Gasteiger partial charge on any atom is 0.225 e. The van der Waals surface area contributed by atoms with Crippen LogP contribution in [-0.2, 0) is 0 Å². The van der Waals surface area contributed by atoms with E-state index in [-0.39, 0.29) is 22.9 Å². The van der Waals surface area contributed by atoms with Gasteiger partial charge in [0.2, 0.25) is 10.9 Å². The first-order valence-corrected chi connectivity index (χ1v) is 10.1. The van der Waals surface area contributed by atoms with Crippen molar-refractivity contribution in [3.63, 3.8) is 0 Å². The molecule has 3 N–H and O–H groups in total. The molecule has 0 saturated carbocycles. The van der Waals surface area contributed by atoms with E-state index in [2.05, 4.69) is 29.6 Å². The highest BCUT2D eigenvalue weighted by Crippen LogP contribution is 2.28. The number of benzene rings is 3. The Morgan fingerprint density at radius 1 is 0.750 bits per heavy atom. The minimum atomic E-state index is -0.841. The Balaban J connectivity index is 0.000000416. The van der Waals surface area contributed by atoms with Gasteiger partial charge in [0, 0.05) is 11.7 Å². The molecule has 0 amide bonds. The summed E-state index contributed by atoms with van der Waals surface area (Å²) < 4.78 is 26.8. The van der Waals surface area contributed by atoms with Gasteiger partial charge in [-0.1, -0.05) is 48.0 Å². The van der Waals surface area contributed by atoms with Gasteiger partial charge in [0.05, 0.1) is 6.04 Å². The van der Waals surface area contributed by atoms with E-state index in [4.69, 9.17) is 5.73 Å². The minimum absolute atomic E-state index is 0.123. The van der Waals surface area contributed by atoms with Crippen molar-refractivity contribution in [2.45, 2.75) is 25.9 Å². The molecule has 0 aliphatic heterocycles. The van der Waals surface area contributed by atoms with Gasteiger partial charge in [-0.15, -0.1) is 0 Å². The number of halogens is 2. The number of nitrogens with one attached hydrogen (secondary N) is 1. The largest absolute Gasteiger partial charge is 0.399 e. The Hall–Kier alpha value is -3.64. The van der Waals surface area contributed by atoms with Crippen LogP contribution in [0.5, 0.6) is 0 Å². The van der Waals surface area contributed by atoms with Crippen LogP contribution < -0.4 is 21.9 Å². The zero-order valence-corrected chi connectivity index (χ0v) is 17.8. The summed E-state index contributed by atoms with van der Waals surface area (Å²) in [6.45, 7) is 3.97. The normalized spacial score (nSPS) is 12.6. The molecule has 4 aromatic rings. The van der Waals surface area contributed by atoms with E-state index in [1.54, 1.807) is 6.07 Å². The van der Waals surface area contributed by atoms with Crippen molar-refractivity contribution < 1.29 is 8.78 Å².